The minimum atomic E-state index is -2.96. The van der Waals surface area contributed by atoms with Gasteiger partial charge in [0, 0.05) is 0 Å². The van der Waals surface area contributed by atoms with E-state index < -0.39 is 43.5 Å². The number of hydrogen-bond acceptors (Lipinski definition) is 4. The molecule has 5 aromatic rings. The maximum absolute atomic E-state index is 12.5. The Balaban J connectivity index is 1.57. The van der Waals surface area contributed by atoms with Crippen molar-refractivity contribution in [1.29, 1.82) is 0 Å². The van der Waals surface area contributed by atoms with Crippen molar-refractivity contribution in [2.45, 2.75) is 0 Å². The zero-order valence-electron chi connectivity index (χ0n) is 28.2. The topological polar surface area (TPSA) is 116 Å². The van der Waals surface area contributed by atoms with Gasteiger partial charge in [0.25, 0.3) is 0 Å². The normalized spacial score (nSPS) is 10.5. The summed E-state index contributed by atoms with van der Waals surface area (Å²) < 4.78 is 7.12. The summed E-state index contributed by atoms with van der Waals surface area (Å²) in [5.74, 6) is -0.902. The quantitative estimate of drug-likeness (QED) is 0.128. The van der Waals surface area contributed by atoms with Crippen LogP contribution in [0, 0.1) is 0 Å². The van der Waals surface area contributed by atoms with E-state index >= 15 is 0 Å². The fourth-order valence-corrected chi connectivity index (χ4v) is 22.8. The molecule has 0 spiro atoms. The van der Waals surface area contributed by atoms with E-state index in [9.17, 15) is 19.2 Å². The molecule has 0 bridgehead atoms. The van der Waals surface area contributed by atoms with Gasteiger partial charge in [0.05, 0.1) is 0 Å². The third-order valence-electron chi connectivity index (χ3n) is 7.85. The Morgan fingerprint density at radius 2 is 0.481 bits per heavy atom. The molecule has 4 amide bonds. The van der Waals surface area contributed by atoms with Crippen molar-refractivity contribution >= 4 is 86.8 Å². The van der Waals surface area contributed by atoms with E-state index in [1.165, 1.54) is 44.4 Å². The van der Waals surface area contributed by atoms with E-state index in [0.29, 0.717) is 22.3 Å². The van der Waals surface area contributed by atoms with Crippen LogP contribution in [0.4, 0.5) is 0 Å². The van der Waals surface area contributed by atoms with Gasteiger partial charge in [0.15, 0.2) is 0 Å². The van der Waals surface area contributed by atoms with Gasteiger partial charge in [-0.25, -0.2) is 0 Å². The molecule has 0 saturated heterocycles. The van der Waals surface area contributed by atoms with Crippen LogP contribution in [-0.2, 0) is 0 Å². The number of rotatable bonds is 14. The average molecular weight is 1080 g/mol. The number of nitrogens with one attached hydrogen (secondary N) is 4. The van der Waals surface area contributed by atoms with Crippen LogP contribution in [0.15, 0.2) is 172 Å². The number of carbonyl (C=O) groups is 4. The summed E-state index contributed by atoms with van der Waals surface area (Å²) in [6.07, 6.45) is 5.46. The Labute approximate surface area is 319 Å². The van der Waals surface area contributed by atoms with Gasteiger partial charge in [0.2, 0.25) is 0 Å². The SMILES string of the molecule is C=CNC(=O)c1cc[c]([Bi]([c]2ccc(C(=O)NC=C)cc2)[c]2cc[c]([Bi]([c]3ccc(C(=O)NC=C)cc3)[c]3ccc(C(=O)NC=C)cc3)cc2)cc1. The standard InChI is InChI=1S/4C9H8NO.C6H4.2Bi/c4*1-2-10-9(11)8-6-4-3-5-7-8;1-2-4-6-5-3-1;;/h4*2,4-7H,1H2,(H,10,11);1-2,5-6H;;. The van der Waals surface area contributed by atoms with Crippen LogP contribution in [-0.4, -0.2) is 67.1 Å². The van der Waals surface area contributed by atoms with Gasteiger partial charge in [-0.3, -0.25) is 0 Å². The van der Waals surface area contributed by atoms with Gasteiger partial charge >= 0.3 is 322 Å². The summed E-state index contributed by atoms with van der Waals surface area (Å²) >= 11 is -5.91. The summed E-state index contributed by atoms with van der Waals surface area (Å²) in [6, 6.07) is 39.7. The van der Waals surface area contributed by atoms with Crippen LogP contribution in [0.5, 0.6) is 0 Å². The molecule has 0 heterocycles. The van der Waals surface area contributed by atoms with Crippen molar-refractivity contribution in [3.05, 3.63) is 195 Å². The van der Waals surface area contributed by atoms with E-state index in [2.05, 4.69) is 71.8 Å². The van der Waals surface area contributed by atoms with Crippen molar-refractivity contribution in [2.24, 2.45) is 0 Å². The van der Waals surface area contributed by atoms with Gasteiger partial charge in [-0.05, 0) is 0 Å². The molecule has 0 fully saturated rings. The summed E-state index contributed by atoms with van der Waals surface area (Å²) in [6.45, 7) is 14.3. The average Bonchev–Trinajstić information content (AvgIpc) is 3.17. The third-order valence-corrected chi connectivity index (χ3v) is 26.8. The molecule has 0 atom stereocenters. The van der Waals surface area contributed by atoms with E-state index in [1.54, 1.807) is 0 Å². The molecule has 8 nitrogen and oxygen atoms in total. The molecule has 10 heteroatoms. The van der Waals surface area contributed by atoms with Gasteiger partial charge in [-0.15, -0.1) is 0 Å². The van der Waals surface area contributed by atoms with Crippen LogP contribution < -0.4 is 40.9 Å². The molecule has 0 radical (unpaired) electrons. The van der Waals surface area contributed by atoms with Crippen molar-refractivity contribution in [3.63, 3.8) is 0 Å². The van der Waals surface area contributed by atoms with Gasteiger partial charge in [-0.1, -0.05) is 0 Å². The molecule has 0 saturated carbocycles. The van der Waals surface area contributed by atoms with Crippen LogP contribution in [0.1, 0.15) is 41.4 Å². The zero-order chi connectivity index (χ0) is 37.0. The number of hydrogen-bond donors (Lipinski definition) is 4. The molecule has 258 valence electrons. The van der Waals surface area contributed by atoms with E-state index in [-0.39, 0.29) is 23.6 Å². The molecule has 5 aromatic carbocycles. The van der Waals surface area contributed by atoms with E-state index in [1.807, 2.05) is 97.1 Å². The Kier molecular flexibility index (Phi) is 13.3. The molecule has 4 N–H and O–H groups in total. The van der Waals surface area contributed by atoms with Crippen LogP contribution in [0.3, 0.4) is 0 Å². The van der Waals surface area contributed by atoms with Crippen LogP contribution in [0.2, 0.25) is 0 Å². The Hall–Kier alpha value is -5.29. The molecule has 0 aliphatic rings. The first-order valence-electron chi connectivity index (χ1n) is 16.1. The molecule has 0 unspecified atom stereocenters. The Morgan fingerprint density at radius 3 is 0.635 bits per heavy atom. The van der Waals surface area contributed by atoms with Crippen molar-refractivity contribution in [2.75, 3.05) is 0 Å². The van der Waals surface area contributed by atoms with E-state index in [0.717, 1.165) is 0 Å². The predicted octanol–water partition coefficient (Wildman–Crippen LogP) is 2.21. The molecule has 0 aromatic heterocycles. The Bertz CT molecular complexity index is 1830. The van der Waals surface area contributed by atoms with Crippen LogP contribution >= 0.6 is 0 Å². The third kappa shape index (κ3) is 9.13. The fourth-order valence-electron chi connectivity index (χ4n) is 5.40. The summed E-state index contributed by atoms with van der Waals surface area (Å²) in [4.78, 5) is 49.9. The molecule has 52 heavy (non-hydrogen) atoms. The summed E-state index contributed by atoms with van der Waals surface area (Å²) in [5.41, 5.74) is 2.16. The second kappa shape index (κ2) is 18.3. The van der Waals surface area contributed by atoms with Crippen molar-refractivity contribution in [3.8, 4) is 0 Å². The molecule has 0 aliphatic carbocycles. The molecule has 0 aliphatic heterocycles. The summed E-state index contributed by atoms with van der Waals surface area (Å²) in [7, 11) is 0. The first-order valence-corrected chi connectivity index (χ1v) is 26.5. The zero-order valence-corrected chi connectivity index (χ0v) is 35.2. The molecular formula is C42H36Bi2N4O4. The van der Waals surface area contributed by atoms with Crippen molar-refractivity contribution in [1.82, 2.24) is 21.3 Å². The van der Waals surface area contributed by atoms with Gasteiger partial charge in [-0.2, -0.15) is 0 Å². The molecular weight excluding hydrogens is 1040 g/mol. The number of benzene rings is 5. The van der Waals surface area contributed by atoms with Crippen molar-refractivity contribution < 1.29 is 19.2 Å². The minimum absolute atomic E-state index is 0.225. The van der Waals surface area contributed by atoms with E-state index in [4.69, 9.17) is 0 Å². The fraction of sp³-hybridized carbons (Fsp3) is 0. The van der Waals surface area contributed by atoms with Crippen LogP contribution in [0.25, 0.3) is 0 Å². The number of amides is 4. The second-order valence-electron chi connectivity index (χ2n) is 11.1. The predicted molar refractivity (Wildman–Crippen MR) is 212 cm³/mol. The van der Waals surface area contributed by atoms with Gasteiger partial charge in [0.1, 0.15) is 0 Å². The first-order chi connectivity index (χ1) is 25.3. The monoisotopic (exact) mass is 1080 g/mol. The maximum atomic E-state index is 12.5. The molecule has 5 rings (SSSR count). The summed E-state index contributed by atoms with van der Waals surface area (Å²) in [5, 5.41) is 10.5. The van der Waals surface area contributed by atoms with Gasteiger partial charge < -0.3 is 0 Å². The number of carbonyl (C=O) groups excluding carboxylic acids is 4. The first kappa shape index (κ1) is 37.9. The Morgan fingerprint density at radius 1 is 0.327 bits per heavy atom. The second-order valence-corrected chi connectivity index (χ2v) is 28.3.